The van der Waals surface area contributed by atoms with Crippen LogP contribution in [-0.4, -0.2) is 63.3 Å². The van der Waals surface area contributed by atoms with Crippen LogP contribution < -0.4 is 19.3 Å². The van der Waals surface area contributed by atoms with E-state index in [-0.39, 0.29) is 11.8 Å². The van der Waals surface area contributed by atoms with Crippen molar-refractivity contribution in [2.24, 2.45) is 0 Å². The highest BCUT2D eigenvalue weighted by atomic mass is 32.2. The molecule has 4 aromatic carbocycles. The topological polar surface area (TPSA) is 112 Å². The Kier molecular flexibility index (Phi) is 14.0. The summed E-state index contributed by atoms with van der Waals surface area (Å²) in [6, 6.07) is 30.7. The average molecular weight is 797 g/mol. The molecule has 4 aromatic rings. The molecule has 0 unspecified atom stereocenters. The Morgan fingerprint density at radius 1 is 0.536 bits per heavy atom. The second kappa shape index (κ2) is 19.3. The monoisotopic (exact) mass is 796 g/mol. The van der Waals surface area contributed by atoms with Gasteiger partial charge >= 0.3 is 11.9 Å². The summed E-state index contributed by atoms with van der Waals surface area (Å²) in [5.41, 5.74) is 3.38. The number of fused-ring (bicyclic) bond motifs is 2. The summed E-state index contributed by atoms with van der Waals surface area (Å²) in [7, 11) is 3.21. The van der Waals surface area contributed by atoms with Crippen LogP contribution in [0, 0.1) is 0 Å². The predicted molar refractivity (Wildman–Crippen MR) is 220 cm³/mol. The van der Waals surface area contributed by atoms with E-state index in [0.717, 1.165) is 70.8 Å². The molecular weight excluding hydrogens is 749 g/mol. The highest BCUT2D eigenvalue weighted by Crippen LogP contribution is 2.48. The molecule has 2 amide bonds. The minimum atomic E-state index is -0.990. The number of methoxy groups -OCH3 is 2. The molecule has 6 rings (SSSR count). The maximum atomic E-state index is 14.2. The van der Waals surface area contributed by atoms with E-state index < -0.39 is 34.6 Å². The van der Waals surface area contributed by atoms with Crippen molar-refractivity contribution in [2.75, 3.05) is 37.1 Å². The Bertz CT molecular complexity index is 1850. The van der Waals surface area contributed by atoms with E-state index in [1.54, 1.807) is 24.0 Å². The predicted octanol–water partition coefficient (Wildman–Crippen LogP) is 8.97. The van der Waals surface area contributed by atoms with Crippen LogP contribution in [0.4, 0.5) is 11.4 Å². The molecule has 2 aliphatic rings. The molecular formula is C44H48N2O8S2. The Morgan fingerprint density at radius 3 is 1.25 bits per heavy atom. The lowest BCUT2D eigenvalue weighted by Crippen LogP contribution is -2.43. The Balaban J connectivity index is 1.07. The molecule has 56 heavy (non-hydrogen) atoms. The minimum absolute atomic E-state index is 0.236. The number of esters is 2. The molecule has 0 radical (unpaired) electrons. The van der Waals surface area contributed by atoms with Crippen LogP contribution in [0.3, 0.4) is 0 Å². The summed E-state index contributed by atoms with van der Waals surface area (Å²) >= 11 is 3.06. The molecule has 294 valence electrons. The molecule has 0 fully saturated rings. The minimum Gasteiger partial charge on any atom is -0.497 e. The number of hydrogen-bond donors (Lipinski definition) is 0. The normalized spacial score (nSPS) is 19.3. The first-order chi connectivity index (χ1) is 27.2. The number of carbonyl (C=O) groups is 4. The second-order valence-corrected chi connectivity index (χ2v) is 16.1. The van der Waals surface area contributed by atoms with Crippen molar-refractivity contribution in [1.29, 1.82) is 0 Å². The van der Waals surface area contributed by atoms with Gasteiger partial charge in [0.05, 0.1) is 36.1 Å². The highest BCUT2D eigenvalue weighted by Gasteiger charge is 2.42. The van der Waals surface area contributed by atoms with Gasteiger partial charge in [-0.1, -0.05) is 74.2 Å². The first-order valence-electron chi connectivity index (χ1n) is 18.9. The summed E-state index contributed by atoms with van der Waals surface area (Å²) in [6.45, 7) is 3.66. The molecule has 2 aliphatic heterocycles. The third-order valence-electron chi connectivity index (χ3n) is 9.88. The van der Waals surface area contributed by atoms with E-state index in [4.69, 9.17) is 18.9 Å². The maximum Gasteiger partial charge on any atom is 0.303 e. The average Bonchev–Trinajstić information content (AvgIpc) is 3.39. The Hall–Kier alpha value is -4.94. The third kappa shape index (κ3) is 9.70. The van der Waals surface area contributed by atoms with Crippen LogP contribution >= 0.6 is 23.5 Å². The number of benzene rings is 4. The lowest BCUT2D eigenvalue weighted by atomic mass is 10.0. The van der Waals surface area contributed by atoms with Crippen molar-refractivity contribution in [2.45, 2.75) is 84.9 Å². The van der Waals surface area contributed by atoms with Crippen LogP contribution in [0.5, 0.6) is 11.5 Å². The number of anilines is 2. The van der Waals surface area contributed by atoms with Gasteiger partial charge in [0.15, 0.2) is 12.2 Å². The van der Waals surface area contributed by atoms with Gasteiger partial charge in [-0.15, -0.1) is 23.5 Å². The van der Waals surface area contributed by atoms with Gasteiger partial charge in [-0.05, 0) is 72.5 Å². The van der Waals surface area contributed by atoms with Gasteiger partial charge in [-0.2, -0.15) is 0 Å². The van der Waals surface area contributed by atoms with Gasteiger partial charge < -0.3 is 28.7 Å². The smallest absolute Gasteiger partial charge is 0.303 e. The Labute approximate surface area is 337 Å². The zero-order valence-electron chi connectivity index (χ0n) is 32.2. The first kappa shape index (κ1) is 40.7. The number of unbranched alkanes of at least 4 members (excludes halogenated alkanes) is 5. The number of thioether (sulfide) groups is 2. The molecule has 0 saturated heterocycles. The van der Waals surface area contributed by atoms with Crippen molar-refractivity contribution in [3.63, 3.8) is 0 Å². The van der Waals surface area contributed by atoms with E-state index in [1.807, 2.05) is 97.1 Å². The second-order valence-electron chi connectivity index (χ2n) is 13.7. The number of rotatable bonds is 15. The van der Waals surface area contributed by atoms with Crippen molar-refractivity contribution in [3.05, 3.63) is 108 Å². The maximum absolute atomic E-state index is 14.2. The molecule has 0 bridgehead atoms. The third-order valence-corrected chi connectivity index (χ3v) is 12.6. The molecule has 4 atom stereocenters. The summed E-state index contributed by atoms with van der Waals surface area (Å²) in [4.78, 5) is 58.4. The first-order valence-corrected chi connectivity index (χ1v) is 20.7. The molecule has 10 nitrogen and oxygen atoms in total. The number of para-hydroxylation sites is 2. The number of hydrogen-bond acceptors (Lipinski definition) is 10. The number of nitrogens with zero attached hydrogens (tertiary/aromatic N) is 2. The standard InChI is InChI=1S/C44H48N2O8S2/c1-29(47)53-39-41(31-19-23-33(51-3)24-20-31)55-37-17-11-9-15-35(37)45(43(39)49)27-13-7-5-6-8-14-28-46-36-16-10-12-18-38(36)56-42(40(44(46)50)54-30(2)48)32-21-25-34(52-4)26-22-32/h9-12,15-26,39-42H,5-8,13-14,27-28H2,1-4H3/t39-,40+,41+,42-. The number of carbonyl (C=O) groups excluding carboxylic acids is 4. The van der Waals surface area contributed by atoms with Crippen molar-refractivity contribution in [1.82, 2.24) is 0 Å². The van der Waals surface area contributed by atoms with Crippen LogP contribution in [0.2, 0.25) is 0 Å². The van der Waals surface area contributed by atoms with Crippen molar-refractivity contribution in [3.8, 4) is 11.5 Å². The van der Waals surface area contributed by atoms with Gasteiger partial charge in [-0.3, -0.25) is 19.2 Å². The lowest BCUT2D eigenvalue weighted by molar-refractivity contribution is -0.153. The largest absolute Gasteiger partial charge is 0.497 e. The Morgan fingerprint density at radius 2 is 0.893 bits per heavy atom. The quantitative estimate of drug-likeness (QED) is 0.0854. The summed E-state index contributed by atoms with van der Waals surface area (Å²) < 4.78 is 22.2. The molecule has 0 N–H and O–H groups in total. The fraction of sp³-hybridized carbons (Fsp3) is 0.364. The summed E-state index contributed by atoms with van der Waals surface area (Å²) in [6.07, 6.45) is 3.28. The zero-order valence-corrected chi connectivity index (χ0v) is 33.8. The number of amides is 2. The zero-order chi connectivity index (χ0) is 39.6. The van der Waals surface area contributed by atoms with Gasteiger partial charge in [0.2, 0.25) is 0 Å². The van der Waals surface area contributed by atoms with Gasteiger partial charge in [-0.25, -0.2) is 0 Å². The van der Waals surface area contributed by atoms with Crippen molar-refractivity contribution >= 4 is 58.7 Å². The van der Waals surface area contributed by atoms with E-state index in [0.29, 0.717) is 24.6 Å². The van der Waals surface area contributed by atoms with Crippen molar-refractivity contribution < 1.29 is 38.1 Å². The molecule has 0 aliphatic carbocycles. The van der Waals surface area contributed by atoms with Crippen LogP contribution in [-0.2, 0) is 28.7 Å². The fourth-order valence-electron chi connectivity index (χ4n) is 7.12. The van der Waals surface area contributed by atoms with E-state index >= 15 is 0 Å². The summed E-state index contributed by atoms with van der Waals surface area (Å²) in [5, 5.41) is -0.856. The SMILES string of the molecule is COc1ccc([C@H]2Sc3ccccc3N(CCCCCCCCN3C(=O)[C@H](OC(C)=O)[C@H](c4ccc(OC)cc4)Sc4ccccc43)C(=O)[C@H]2OC(C)=O)cc1. The molecule has 0 aromatic heterocycles. The van der Waals surface area contributed by atoms with Gasteiger partial charge in [0, 0.05) is 36.7 Å². The van der Waals surface area contributed by atoms with Crippen LogP contribution in [0.15, 0.2) is 107 Å². The van der Waals surface area contributed by atoms with E-state index in [9.17, 15) is 19.2 Å². The molecule has 0 saturated carbocycles. The van der Waals surface area contributed by atoms with Crippen LogP contribution in [0.1, 0.15) is 74.0 Å². The summed E-state index contributed by atoms with van der Waals surface area (Å²) in [5.74, 6) is -0.0682. The lowest BCUT2D eigenvalue weighted by Gasteiger charge is -2.28. The highest BCUT2D eigenvalue weighted by molar-refractivity contribution is 8.00. The number of ether oxygens (including phenoxy) is 4. The molecule has 0 spiro atoms. The van der Waals surface area contributed by atoms with E-state index in [1.165, 1.54) is 37.4 Å². The molecule has 2 heterocycles. The van der Waals surface area contributed by atoms with Gasteiger partial charge in [0.1, 0.15) is 11.5 Å². The van der Waals surface area contributed by atoms with Crippen LogP contribution in [0.25, 0.3) is 0 Å². The van der Waals surface area contributed by atoms with E-state index in [2.05, 4.69) is 0 Å². The van der Waals surface area contributed by atoms with Gasteiger partial charge in [0.25, 0.3) is 11.8 Å². The molecule has 12 heteroatoms. The fourth-order valence-corrected chi connectivity index (χ4v) is 9.76.